The van der Waals surface area contributed by atoms with Crippen molar-refractivity contribution in [2.45, 2.75) is 46.8 Å². The monoisotopic (exact) mass is 384 g/mol. The maximum absolute atomic E-state index is 12.5. The zero-order chi connectivity index (χ0) is 19.7. The van der Waals surface area contributed by atoms with Gasteiger partial charge in [-0.3, -0.25) is 14.2 Å². The van der Waals surface area contributed by atoms with E-state index in [1.165, 1.54) is 11.3 Å². The van der Waals surface area contributed by atoms with Gasteiger partial charge in [0.1, 0.15) is 5.75 Å². The topological polar surface area (TPSA) is 60.3 Å². The van der Waals surface area contributed by atoms with Crippen LogP contribution in [0.2, 0.25) is 0 Å². The molecule has 0 fully saturated rings. The lowest BCUT2D eigenvalue weighted by Gasteiger charge is -2.16. The van der Waals surface area contributed by atoms with Gasteiger partial charge in [0.2, 0.25) is 0 Å². The van der Waals surface area contributed by atoms with Crippen molar-refractivity contribution < 1.29 is 9.53 Å². The Morgan fingerprint density at radius 2 is 1.74 bits per heavy atom. The number of thiazole rings is 1. The molecule has 1 aromatic heterocycles. The number of amides is 1. The highest BCUT2D eigenvalue weighted by atomic mass is 32.1. The normalized spacial score (nSPS) is 12.4. The lowest BCUT2D eigenvalue weighted by atomic mass is 10.1. The first kappa shape index (κ1) is 19.2. The number of carbonyl (C=O) groups is 1. The van der Waals surface area contributed by atoms with Crippen LogP contribution in [0.15, 0.2) is 41.2 Å². The Hall–Kier alpha value is -2.60. The van der Waals surface area contributed by atoms with Crippen molar-refractivity contribution >= 4 is 33.1 Å². The third-order valence-corrected chi connectivity index (χ3v) is 5.19. The molecule has 0 aliphatic heterocycles. The third-order valence-electron chi connectivity index (χ3n) is 4.27. The van der Waals surface area contributed by atoms with Crippen LogP contribution in [-0.4, -0.2) is 16.6 Å². The fourth-order valence-electron chi connectivity index (χ4n) is 3.11. The Balaban J connectivity index is 1.76. The molecule has 1 N–H and O–H groups in total. The molecule has 142 valence electrons. The highest BCUT2D eigenvalue weighted by molar-refractivity contribution is 7.16. The molecule has 1 atom stereocenters. The standard InChI is InChI=1S/C21H24N2O3S/c1-12(2)23-18-7-6-16(11-19(18)27-21(23)25)22-20(24)15(5)26-17-9-13(3)8-14(4)10-17/h6-12,15H,1-5H3,(H,22,24)/t15-/m1/s1. The molecule has 0 radical (unpaired) electrons. The molecule has 1 heterocycles. The van der Waals surface area contributed by atoms with Crippen LogP contribution < -0.4 is 14.9 Å². The van der Waals surface area contributed by atoms with E-state index in [9.17, 15) is 9.59 Å². The molecule has 0 saturated heterocycles. The maximum Gasteiger partial charge on any atom is 0.308 e. The molecule has 2 aromatic carbocycles. The van der Waals surface area contributed by atoms with E-state index in [1.54, 1.807) is 11.5 Å². The Morgan fingerprint density at radius 3 is 2.37 bits per heavy atom. The van der Waals surface area contributed by atoms with E-state index >= 15 is 0 Å². The summed E-state index contributed by atoms with van der Waals surface area (Å²) in [7, 11) is 0. The van der Waals surface area contributed by atoms with E-state index in [0.29, 0.717) is 11.4 Å². The van der Waals surface area contributed by atoms with Crippen LogP contribution in [0.1, 0.15) is 37.9 Å². The molecule has 27 heavy (non-hydrogen) atoms. The maximum atomic E-state index is 12.5. The minimum atomic E-state index is -0.638. The first-order chi connectivity index (χ1) is 12.7. The molecule has 0 aliphatic rings. The summed E-state index contributed by atoms with van der Waals surface area (Å²) in [5.74, 6) is 0.446. The number of rotatable bonds is 5. The van der Waals surface area contributed by atoms with Crippen molar-refractivity contribution in [3.8, 4) is 5.75 Å². The predicted molar refractivity (Wildman–Crippen MR) is 111 cm³/mol. The van der Waals surface area contributed by atoms with Crippen molar-refractivity contribution in [2.24, 2.45) is 0 Å². The molecule has 0 saturated carbocycles. The average molecular weight is 385 g/mol. The van der Waals surface area contributed by atoms with Gasteiger partial charge in [0, 0.05) is 11.7 Å². The summed E-state index contributed by atoms with van der Waals surface area (Å²) in [5, 5.41) is 2.87. The van der Waals surface area contributed by atoms with E-state index in [-0.39, 0.29) is 16.8 Å². The molecule has 0 aliphatic carbocycles. The Morgan fingerprint density at radius 1 is 1.07 bits per heavy atom. The number of hydrogen-bond acceptors (Lipinski definition) is 4. The van der Waals surface area contributed by atoms with E-state index in [2.05, 4.69) is 11.4 Å². The van der Waals surface area contributed by atoms with Crippen molar-refractivity contribution in [1.29, 1.82) is 0 Å². The number of nitrogens with zero attached hydrogens (tertiary/aromatic N) is 1. The van der Waals surface area contributed by atoms with Gasteiger partial charge in [0.15, 0.2) is 6.10 Å². The van der Waals surface area contributed by atoms with Crippen molar-refractivity contribution in [1.82, 2.24) is 4.57 Å². The average Bonchev–Trinajstić information content (AvgIpc) is 2.88. The zero-order valence-corrected chi connectivity index (χ0v) is 17.0. The highest BCUT2D eigenvalue weighted by Crippen LogP contribution is 2.24. The highest BCUT2D eigenvalue weighted by Gasteiger charge is 2.16. The lowest BCUT2D eigenvalue weighted by Crippen LogP contribution is -2.30. The van der Waals surface area contributed by atoms with Crippen molar-refractivity contribution in [3.63, 3.8) is 0 Å². The van der Waals surface area contributed by atoms with Gasteiger partial charge in [-0.1, -0.05) is 17.4 Å². The molecule has 5 nitrogen and oxygen atoms in total. The number of anilines is 1. The largest absolute Gasteiger partial charge is 0.481 e. The van der Waals surface area contributed by atoms with Gasteiger partial charge in [-0.25, -0.2) is 0 Å². The number of ether oxygens (including phenoxy) is 1. The van der Waals surface area contributed by atoms with Gasteiger partial charge in [0.25, 0.3) is 5.91 Å². The van der Waals surface area contributed by atoms with Crippen LogP contribution >= 0.6 is 11.3 Å². The van der Waals surface area contributed by atoms with Gasteiger partial charge in [-0.2, -0.15) is 0 Å². The number of fused-ring (bicyclic) bond motifs is 1. The molecule has 3 rings (SSSR count). The minimum absolute atomic E-state index is 0.00925. The van der Waals surface area contributed by atoms with Crippen LogP contribution in [0.5, 0.6) is 5.75 Å². The van der Waals surface area contributed by atoms with Crippen molar-refractivity contribution in [3.05, 3.63) is 57.2 Å². The molecule has 6 heteroatoms. The first-order valence-corrected chi connectivity index (χ1v) is 9.77. The Bertz CT molecular complexity index is 1030. The van der Waals surface area contributed by atoms with Gasteiger partial charge >= 0.3 is 4.87 Å². The second kappa shape index (κ2) is 7.56. The summed E-state index contributed by atoms with van der Waals surface area (Å²) >= 11 is 1.19. The number of aryl methyl sites for hydroxylation is 2. The summed E-state index contributed by atoms with van der Waals surface area (Å²) in [6, 6.07) is 11.5. The van der Waals surface area contributed by atoms with E-state index in [1.807, 2.05) is 58.0 Å². The second-order valence-electron chi connectivity index (χ2n) is 7.09. The van der Waals surface area contributed by atoms with Gasteiger partial charge < -0.3 is 10.1 Å². The van der Waals surface area contributed by atoms with Crippen LogP contribution in [0.3, 0.4) is 0 Å². The number of hydrogen-bond donors (Lipinski definition) is 1. The molecular weight excluding hydrogens is 360 g/mol. The quantitative estimate of drug-likeness (QED) is 0.695. The predicted octanol–water partition coefficient (Wildman–Crippen LogP) is 4.67. The summed E-state index contributed by atoms with van der Waals surface area (Å²) in [5.41, 5.74) is 3.72. The van der Waals surface area contributed by atoms with Gasteiger partial charge in [-0.15, -0.1) is 0 Å². The molecule has 0 bridgehead atoms. The number of carbonyl (C=O) groups excluding carboxylic acids is 1. The number of benzene rings is 2. The minimum Gasteiger partial charge on any atom is -0.481 e. The van der Waals surface area contributed by atoms with E-state index in [0.717, 1.165) is 21.3 Å². The fourth-order valence-corrected chi connectivity index (χ4v) is 4.16. The number of aromatic nitrogens is 1. The molecule has 0 spiro atoms. The van der Waals surface area contributed by atoms with Crippen LogP contribution in [0.4, 0.5) is 5.69 Å². The third kappa shape index (κ3) is 4.22. The second-order valence-corrected chi connectivity index (χ2v) is 8.08. The molecule has 0 unspecified atom stereocenters. The first-order valence-electron chi connectivity index (χ1n) is 8.95. The summed E-state index contributed by atoms with van der Waals surface area (Å²) in [6.45, 7) is 9.67. The SMILES string of the molecule is Cc1cc(C)cc(O[C@H](C)C(=O)Nc2ccc3c(c2)sc(=O)n3C(C)C)c1. The van der Waals surface area contributed by atoms with Crippen molar-refractivity contribution in [2.75, 3.05) is 5.32 Å². The smallest absolute Gasteiger partial charge is 0.308 e. The summed E-state index contributed by atoms with van der Waals surface area (Å²) in [6.07, 6.45) is -0.638. The fraction of sp³-hybridized carbons (Fsp3) is 0.333. The Kier molecular flexibility index (Phi) is 5.37. The lowest BCUT2D eigenvalue weighted by molar-refractivity contribution is -0.122. The van der Waals surface area contributed by atoms with Crippen LogP contribution in [0.25, 0.3) is 10.2 Å². The molecular formula is C21H24N2O3S. The van der Waals surface area contributed by atoms with Gasteiger partial charge in [0.05, 0.1) is 10.2 Å². The molecule has 3 aromatic rings. The zero-order valence-electron chi connectivity index (χ0n) is 16.2. The van der Waals surface area contributed by atoms with Crippen LogP contribution in [0, 0.1) is 13.8 Å². The Labute approximate surface area is 162 Å². The van der Waals surface area contributed by atoms with Gasteiger partial charge in [-0.05, 0) is 76.1 Å². The molecule has 1 amide bonds. The van der Waals surface area contributed by atoms with Crippen LogP contribution in [-0.2, 0) is 4.79 Å². The number of nitrogens with one attached hydrogen (secondary N) is 1. The summed E-state index contributed by atoms with van der Waals surface area (Å²) < 4.78 is 8.41. The van der Waals surface area contributed by atoms with E-state index in [4.69, 9.17) is 4.74 Å². The summed E-state index contributed by atoms with van der Waals surface area (Å²) in [4.78, 5) is 24.7. The van der Waals surface area contributed by atoms with E-state index < -0.39 is 6.10 Å².